The fraction of sp³-hybridized carbons (Fsp3) is 0.176. The molecule has 0 bridgehead atoms. The number of carboxylic acid groups (broad SMARTS) is 1. The molecular formula is C34H31NO4S. The number of amides is 1. The lowest BCUT2D eigenvalue weighted by Crippen LogP contribution is -2.33. The molecule has 5 nitrogen and oxygen atoms in total. The molecule has 0 unspecified atom stereocenters. The summed E-state index contributed by atoms with van der Waals surface area (Å²) in [5, 5.41) is 9.43. The molecular weight excluding hydrogens is 518 g/mol. The van der Waals surface area contributed by atoms with E-state index in [1.165, 1.54) is 0 Å². The van der Waals surface area contributed by atoms with E-state index in [9.17, 15) is 14.7 Å². The molecule has 0 spiro atoms. The SMILES string of the molecule is C=CCOC(=O)N1C[C@@H](SC(c2ccccc2)(c2ccccc2)c2ccccc2)C[C@@H]1c1ccc(C(=O)O)cc1. The highest BCUT2D eigenvalue weighted by Gasteiger charge is 2.45. The van der Waals surface area contributed by atoms with Crippen molar-refractivity contribution in [2.45, 2.75) is 22.5 Å². The Labute approximate surface area is 239 Å². The van der Waals surface area contributed by atoms with Crippen LogP contribution in [-0.4, -0.2) is 40.5 Å². The van der Waals surface area contributed by atoms with E-state index in [1.807, 2.05) is 30.0 Å². The van der Waals surface area contributed by atoms with Crippen molar-refractivity contribution in [3.63, 3.8) is 0 Å². The van der Waals surface area contributed by atoms with Gasteiger partial charge in [-0.2, -0.15) is 0 Å². The molecule has 2 atom stereocenters. The molecule has 1 aliphatic rings. The summed E-state index contributed by atoms with van der Waals surface area (Å²) in [5.41, 5.74) is 4.57. The fourth-order valence-electron chi connectivity index (χ4n) is 5.43. The molecule has 4 aromatic carbocycles. The molecule has 0 radical (unpaired) electrons. The van der Waals surface area contributed by atoms with Crippen molar-refractivity contribution in [3.8, 4) is 0 Å². The van der Waals surface area contributed by atoms with Crippen LogP contribution in [0.1, 0.15) is 45.1 Å². The fourth-order valence-corrected chi connectivity index (χ4v) is 7.26. The largest absolute Gasteiger partial charge is 0.478 e. The summed E-state index contributed by atoms with van der Waals surface area (Å²) in [6.07, 6.45) is 1.84. The van der Waals surface area contributed by atoms with Crippen LogP contribution in [0.5, 0.6) is 0 Å². The number of likely N-dealkylation sites (tertiary alicyclic amines) is 1. The van der Waals surface area contributed by atoms with Gasteiger partial charge in [0.15, 0.2) is 0 Å². The van der Waals surface area contributed by atoms with E-state index in [0.29, 0.717) is 13.0 Å². The van der Waals surface area contributed by atoms with E-state index in [2.05, 4.69) is 79.4 Å². The summed E-state index contributed by atoms with van der Waals surface area (Å²) in [4.78, 5) is 26.4. The number of hydrogen-bond donors (Lipinski definition) is 1. The van der Waals surface area contributed by atoms with Gasteiger partial charge < -0.3 is 14.7 Å². The zero-order valence-corrected chi connectivity index (χ0v) is 22.9. The standard InChI is InChI=1S/C34H31NO4S/c1-2-22-39-33(38)35-24-30(23-31(35)25-18-20-26(21-19-25)32(36)37)40-34(27-12-6-3-7-13-27,28-14-8-4-9-15-28)29-16-10-5-11-17-29/h2-21,30-31H,1,22-24H2,(H,36,37)/t30-,31+/m0/s1. The molecule has 4 aromatic rings. The molecule has 6 heteroatoms. The number of carbonyl (C=O) groups is 2. The van der Waals surface area contributed by atoms with E-state index in [4.69, 9.17) is 4.74 Å². The van der Waals surface area contributed by atoms with Gasteiger partial charge in [0.1, 0.15) is 6.61 Å². The summed E-state index contributed by atoms with van der Waals surface area (Å²) < 4.78 is 4.97. The monoisotopic (exact) mass is 549 g/mol. The average molecular weight is 550 g/mol. The van der Waals surface area contributed by atoms with Gasteiger partial charge in [0.25, 0.3) is 0 Å². The quantitative estimate of drug-likeness (QED) is 0.172. The predicted octanol–water partition coefficient (Wildman–Crippen LogP) is 7.55. The van der Waals surface area contributed by atoms with Crippen LogP contribution in [0, 0.1) is 0 Å². The Morgan fingerprint density at radius 1 is 0.850 bits per heavy atom. The molecule has 1 fully saturated rings. The van der Waals surface area contributed by atoms with E-state index in [0.717, 1.165) is 22.3 Å². The maximum atomic E-state index is 13.2. The van der Waals surface area contributed by atoms with Crippen LogP contribution in [0.2, 0.25) is 0 Å². The van der Waals surface area contributed by atoms with Crippen molar-refractivity contribution < 1.29 is 19.4 Å². The van der Waals surface area contributed by atoms with E-state index in [1.54, 1.807) is 35.2 Å². The zero-order chi connectivity index (χ0) is 28.0. The van der Waals surface area contributed by atoms with E-state index >= 15 is 0 Å². The van der Waals surface area contributed by atoms with Gasteiger partial charge >= 0.3 is 12.1 Å². The third-order valence-corrected chi connectivity index (χ3v) is 8.98. The molecule has 1 N–H and O–H groups in total. The van der Waals surface area contributed by atoms with Crippen LogP contribution in [0.4, 0.5) is 4.79 Å². The molecule has 5 rings (SSSR count). The van der Waals surface area contributed by atoms with Gasteiger partial charge in [0.05, 0.1) is 16.4 Å². The molecule has 1 heterocycles. The van der Waals surface area contributed by atoms with Gasteiger partial charge in [0, 0.05) is 11.8 Å². The van der Waals surface area contributed by atoms with Crippen molar-refractivity contribution in [2.24, 2.45) is 0 Å². The molecule has 0 saturated carbocycles. The molecule has 0 aliphatic carbocycles. The van der Waals surface area contributed by atoms with E-state index in [-0.39, 0.29) is 23.5 Å². The zero-order valence-electron chi connectivity index (χ0n) is 22.1. The van der Waals surface area contributed by atoms with Gasteiger partial charge in [-0.15, -0.1) is 11.8 Å². The molecule has 40 heavy (non-hydrogen) atoms. The van der Waals surface area contributed by atoms with Gasteiger partial charge in [-0.25, -0.2) is 9.59 Å². The number of hydrogen-bond acceptors (Lipinski definition) is 4. The second-order valence-corrected chi connectivity index (χ2v) is 11.2. The third kappa shape index (κ3) is 5.54. The van der Waals surface area contributed by atoms with Crippen molar-refractivity contribution in [1.82, 2.24) is 4.90 Å². The number of ether oxygens (including phenoxy) is 1. The summed E-state index contributed by atoms with van der Waals surface area (Å²) >= 11 is 1.85. The van der Waals surface area contributed by atoms with Crippen molar-refractivity contribution in [1.29, 1.82) is 0 Å². The Kier molecular flexibility index (Phi) is 8.37. The number of nitrogens with zero attached hydrogens (tertiary/aromatic N) is 1. The van der Waals surface area contributed by atoms with Crippen molar-refractivity contribution >= 4 is 23.8 Å². The number of rotatable bonds is 9. The molecule has 1 saturated heterocycles. The highest BCUT2D eigenvalue weighted by Crippen LogP contribution is 2.53. The van der Waals surface area contributed by atoms with Gasteiger partial charge in [-0.3, -0.25) is 0 Å². The lowest BCUT2D eigenvalue weighted by molar-refractivity contribution is 0.0696. The Hall–Kier alpha value is -4.29. The molecule has 0 aromatic heterocycles. The van der Waals surface area contributed by atoms with E-state index < -0.39 is 16.8 Å². The van der Waals surface area contributed by atoms with Crippen LogP contribution in [0.3, 0.4) is 0 Å². The normalized spacial score (nSPS) is 16.9. The highest BCUT2D eigenvalue weighted by molar-refractivity contribution is 8.01. The minimum atomic E-state index is -0.980. The second-order valence-electron chi connectivity index (χ2n) is 9.72. The first-order valence-corrected chi connectivity index (χ1v) is 14.1. The summed E-state index contributed by atoms with van der Waals surface area (Å²) in [7, 11) is 0. The maximum Gasteiger partial charge on any atom is 0.410 e. The van der Waals surface area contributed by atoms with Gasteiger partial charge in [-0.1, -0.05) is 116 Å². The number of benzene rings is 4. The van der Waals surface area contributed by atoms with Crippen LogP contribution in [-0.2, 0) is 9.48 Å². The first-order chi connectivity index (χ1) is 19.5. The molecule has 1 amide bonds. The first-order valence-electron chi connectivity index (χ1n) is 13.2. The van der Waals surface area contributed by atoms with Crippen LogP contribution in [0.15, 0.2) is 128 Å². The van der Waals surface area contributed by atoms with Crippen molar-refractivity contribution in [3.05, 3.63) is 156 Å². The maximum absolute atomic E-state index is 13.2. The average Bonchev–Trinajstić information content (AvgIpc) is 3.44. The number of carboxylic acids is 1. The van der Waals surface area contributed by atoms with Crippen LogP contribution >= 0.6 is 11.8 Å². The minimum absolute atomic E-state index is 0.0565. The lowest BCUT2D eigenvalue weighted by atomic mass is 9.84. The predicted molar refractivity (Wildman–Crippen MR) is 160 cm³/mol. The summed E-state index contributed by atoms with van der Waals surface area (Å²) in [6, 6.07) is 38.0. The molecule has 202 valence electrons. The minimum Gasteiger partial charge on any atom is -0.478 e. The number of thioether (sulfide) groups is 1. The van der Waals surface area contributed by atoms with Crippen LogP contribution < -0.4 is 0 Å². The smallest absolute Gasteiger partial charge is 0.410 e. The Bertz CT molecular complexity index is 1350. The summed E-state index contributed by atoms with van der Waals surface area (Å²) in [5.74, 6) is -0.980. The Balaban J connectivity index is 1.57. The Morgan fingerprint density at radius 2 is 1.35 bits per heavy atom. The van der Waals surface area contributed by atoms with Gasteiger partial charge in [0.2, 0.25) is 0 Å². The molecule has 1 aliphatic heterocycles. The highest BCUT2D eigenvalue weighted by atomic mass is 32.2. The number of carbonyl (C=O) groups excluding carboxylic acids is 1. The number of aromatic carboxylic acids is 1. The third-order valence-electron chi connectivity index (χ3n) is 7.25. The van der Waals surface area contributed by atoms with Gasteiger partial charge in [-0.05, 0) is 40.8 Å². The first kappa shape index (κ1) is 27.3. The van der Waals surface area contributed by atoms with Crippen molar-refractivity contribution in [2.75, 3.05) is 13.2 Å². The second kappa shape index (κ2) is 12.3. The Morgan fingerprint density at radius 3 is 1.80 bits per heavy atom. The van der Waals surface area contributed by atoms with Crippen LogP contribution in [0.25, 0.3) is 0 Å². The topological polar surface area (TPSA) is 66.8 Å². The summed E-state index contributed by atoms with van der Waals surface area (Å²) in [6.45, 7) is 4.28. The lowest BCUT2D eigenvalue weighted by Gasteiger charge is -2.37.